The summed E-state index contributed by atoms with van der Waals surface area (Å²) in [5.41, 5.74) is 5.95. The topological polar surface area (TPSA) is 106 Å². The quantitative estimate of drug-likeness (QED) is 0.252. The lowest BCUT2D eigenvalue weighted by Gasteiger charge is -2.47. The first-order valence-electron chi connectivity index (χ1n) is 12.2. The normalized spacial score (nSPS) is 19.7. The molecule has 2 aromatic heterocycles. The number of benzene rings is 1. The molecule has 1 fully saturated rings. The molecule has 184 valence electrons. The second-order valence-electron chi connectivity index (χ2n) is 9.41. The minimum atomic E-state index is -0.511. The van der Waals surface area contributed by atoms with Crippen molar-refractivity contribution in [2.45, 2.75) is 57.5 Å². The predicted molar refractivity (Wildman–Crippen MR) is 133 cm³/mol. The number of hydroxylamine groups is 1. The Labute approximate surface area is 207 Å². The van der Waals surface area contributed by atoms with Crippen LogP contribution < -0.4 is 5.48 Å². The van der Waals surface area contributed by atoms with Crippen LogP contribution in [0.3, 0.4) is 0 Å². The van der Waals surface area contributed by atoms with Crippen LogP contribution in [-0.2, 0) is 20.8 Å². The molecule has 5 rings (SSSR count). The Balaban J connectivity index is 1.38. The highest BCUT2D eigenvalue weighted by atomic mass is 32.1. The van der Waals surface area contributed by atoms with Gasteiger partial charge in [-0.2, -0.15) is 0 Å². The van der Waals surface area contributed by atoms with E-state index in [1.165, 1.54) is 0 Å². The molecular formula is C26H30N4O4S. The molecule has 35 heavy (non-hydrogen) atoms. The van der Waals surface area contributed by atoms with Gasteiger partial charge in [-0.1, -0.05) is 31.0 Å². The number of thiophene rings is 1. The number of H-pyrrole nitrogens is 1. The molecular weight excluding hydrogens is 464 g/mol. The number of nitrogens with one attached hydrogen (secondary N) is 2. The van der Waals surface area contributed by atoms with E-state index in [0.717, 1.165) is 51.9 Å². The molecule has 9 heteroatoms. The molecule has 0 unspecified atom stereocenters. The summed E-state index contributed by atoms with van der Waals surface area (Å²) in [6, 6.07) is 9.41. The summed E-state index contributed by atoms with van der Waals surface area (Å²) in [6.45, 7) is 2.69. The van der Waals surface area contributed by atoms with Crippen molar-refractivity contribution in [1.29, 1.82) is 0 Å². The zero-order valence-electron chi connectivity index (χ0n) is 19.8. The molecule has 1 aromatic carbocycles. The van der Waals surface area contributed by atoms with E-state index in [1.807, 2.05) is 28.5 Å². The lowest BCUT2D eigenvalue weighted by Crippen LogP contribution is -2.63. The zero-order chi connectivity index (χ0) is 24.5. The minimum Gasteiger partial charge on any atom is -0.356 e. The first-order chi connectivity index (χ1) is 17.0. The number of aryl methyl sites for hydroxylation is 1. The molecule has 8 nitrogen and oxygen atoms in total. The number of aromatic amines is 1. The highest BCUT2D eigenvalue weighted by Crippen LogP contribution is 2.44. The number of fused-ring (bicyclic) bond motifs is 4. The fraction of sp³-hybridized carbons (Fsp3) is 0.423. The average Bonchev–Trinajstić information content (AvgIpc) is 3.45. The van der Waals surface area contributed by atoms with Gasteiger partial charge in [-0.05, 0) is 48.4 Å². The Hall–Kier alpha value is -3.17. The summed E-state index contributed by atoms with van der Waals surface area (Å²) in [4.78, 5) is 46.5. The van der Waals surface area contributed by atoms with Crippen LogP contribution in [0.15, 0.2) is 35.7 Å². The van der Waals surface area contributed by atoms with Crippen molar-refractivity contribution in [3.05, 3.63) is 57.4 Å². The Morgan fingerprint density at radius 1 is 1.17 bits per heavy atom. The Kier molecular flexibility index (Phi) is 6.62. The van der Waals surface area contributed by atoms with E-state index in [9.17, 15) is 14.4 Å². The van der Waals surface area contributed by atoms with Crippen LogP contribution in [0.25, 0.3) is 10.9 Å². The standard InChI is InChI=1S/C26H30N4O4S/c1-16-11-13-35-25(16)24-23-18(17-8-5-6-9-19(17)27-23)14-20-26(33)29(15-22(32)30(20)24)12-7-3-2-4-10-21(31)28-34/h5-6,8-9,11,13,20,24,27,34H,2-4,7,10,12,14-15H2,1H3,(H,28,31)/t20-,24+/m0/s1. The van der Waals surface area contributed by atoms with Crippen molar-refractivity contribution in [3.63, 3.8) is 0 Å². The van der Waals surface area contributed by atoms with Crippen LogP contribution in [0.2, 0.25) is 0 Å². The summed E-state index contributed by atoms with van der Waals surface area (Å²) in [6.07, 6.45) is 3.94. The predicted octanol–water partition coefficient (Wildman–Crippen LogP) is 3.68. The fourth-order valence-electron chi connectivity index (χ4n) is 5.45. The van der Waals surface area contributed by atoms with Crippen LogP contribution >= 0.6 is 11.3 Å². The summed E-state index contributed by atoms with van der Waals surface area (Å²) >= 11 is 1.63. The van der Waals surface area contributed by atoms with Gasteiger partial charge in [0.25, 0.3) is 0 Å². The number of carbonyl (C=O) groups excluding carboxylic acids is 3. The third-order valence-corrected chi connectivity index (χ3v) is 8.27. The van der Waals surface area contributed by atoms with Crippen molar-refractivity contribution in [1.82, 2.24) is 20.3 Å². The van der Waals surface area contributed by atoms with Crippen LogP contribution in [-0.4, -0.2) is 56.8 Å². The lowest BCUT2D eigenvalue weighted by molar-refractivity contribution is -0.158. The van der Waals surface area contributed by atoms with Gasteiger partial charge in [0, 0.05) is 40.9 Å². The molecule has 3 N–H and O–H groups in total. The molecule has 2 aliphatic heterocycles. The smallest absolute Gasteiger partial charge is 0.246 e. The molecule has 3 amide bonds. The maximum Gasteiger partial charge on any atom is 0.246 e. The van der Waals surface area contributed by atoms with E-state index >= 15 is 0 Å². The van der Waals surface area contributed by atoms with E-state index < -0.39 is 6.04 Å². The number of hydrogen-bond acceptors (Lipinski definition) is 5. The summed E-state index contributed by atoms with van der Waals surface area (Å²) in [5.74, 6) is -0.387. The molecule has 0 bridgehead atoms. The highest BCUT2D eigenvalue weighted by Gasteiger charge is 2.48. The third kappa shape index (κ3) is 4.34. The number of aromatic nitrogens is 1. The second kappa shape index (κ2) is 9.83. The first-order valence-corrected chi connectivity index (χ1v) is 13.0. The molecule has 1 saturated heterocycles. The van der Waals surface area contributed by atoms with E-state index in [-0.39, 0.29) is 36.7 Å². The van der Waals surface area contributed by atoms with Crippen LogP contribution in [0.1, 0.15) is 59.8 Å². The number of nitrogens with zero attached hydrogens (tertiary/aromatic N) is 2. The van der Waals surface area contributed by atoms with Gasteiger partial charge in [0.15, 0.2) is 0 Å². The summed E-state index contributed by atoms with van der Waals surface area (Å²) in [7, 11) is 0. The van der Waals surface area contributed by atoms with Crippen molar-refractivity contribution < 1.29 is 19.6 Å². The Morgan fingerprint density at radius 2 is 1.97 bits per heavy atom. The van der Waals surface area contributed by atoms with Crippen molar-refractivity contribution in [2.24, 2.45) is 0 Å². The van der Waals surface area contributed by atoms with Crippen molar-refractivity contribution in [3.8, 4) is 0 Å². The van der Waals surface area contributed by atoms with Crippen LogP contribution in [0.5, 0.6) is 0 Å². The number of amides is 3. The lowest BCUT2D eigenvalue weighted by atomic mass is 9.88. The maximum atomic E-state index is 13.7. The Bertz CT molecular complexity index is 1270. The highest BCUT2D eigenvalue weighted by molar-refractivity contribution is 7.10. The fourth-order valence-corrected chi connectivity index (χ4v) is 6.48. The van der Waals surface area contributed by atoms with Crippen molar-refractivity contribution >= 4 is 40.0 Å². The molecule has 4 heterocycles. The number of unbranched alkanes of at least 4 members (excludes halogenated alkanes) is 3. The third-order valence-electron chi connectivity index (χ3n) is 7.20. The van der Waals surface area contributed by atoms with Gasteiger partial charge in [-0.15, -0.1) is 11.3 Å². The van der Waals surface area contributed by atoms with Gasteiger partial charge in [0.1, 0.15) is 12.1 Å². The number of rotatable bonds is 8. The number of piperazine rings is 1. The molecule has 3 aromatic rings. The number of para-hydroxylation sites is 1. The van der Waals surface area contributed by atoms with Gasteiger partial charge in [0.2, 0.25) is 17.7 Å². The first kappa shape index (κ1) is 23.6. The largest absolute Gasteiger partial charge is 0.356 e. The molecule has 0 saturated carbocycles. The van der Waals surface area contributed by atoms with Gasteiger partial charge >= 0.3 is 0 Å². The van der Waals surface area contributed by atoms with Crippen LogP contribution in [0, 0.1) is 6.92 Å². The zero-order valence-corrected chi connectivity index (χ0v) is 20.6. The molecule has 0 aliphatic carbocycles. The van der Waals surface area contributed by atoms with E-state index in [1.54, 1.807) is 21.7 Å². The van der Waals surface area contributed by atoms with Crippen LogP contribution in [0.4, 0.5) is 0 Å². The molecule has 2 atom stereocenters. The van der Waals surface area contributed by atoms with Crippen molar-refractivity contribution in [2.75, 3.05) is 13.1 Å². The number of carbonyl (C=O) groups is 3. The minimum absolute atomic E-state index is 0.0133. The molecule has 2 aliphatic rings. The second-order valence-corrected chi connectivity index (χ2v) is 10.4. The van der Waals surface area contributed by atoms with Gasteiger partial charge < -0.3 is 14.8 Å². The summed E-state index contributed by atoms with van der Waals surface area (Å²) in [5, 5.41) is 11.7. The molecule has 0 radical (unpaired) electrons. The maximum absolute atomic E-state index is 13.7. The molecule has 0 spiro atoms. The van der Waals surface area contributed by atoms with E-state index in [0.29, 0.717) is 19.4 Å². The average molecular weight is 495 g/mol. The van der Waals surface area contributed by atoms with Gasteiger partial charge in [0.05, 0.1) is 6.54 Å². The SMILES string of the molecule is Cc1ccsc1[C@H]1c2[nH]c3ccccc3c2C[C@H]2C(=O)N(CCCCCCC(=O)NO)CC(=O)N12. The monoisotopic (exact) mass is 494 g/mol. The Morgan fingerprint density at radius 3 is 2.74 bits per heavy atom. The number of hydrogen-bond donors (Lipinski definition) is 3. The van der Waals surface area contributed by atoms with Gasteiger partial charge in [-0.3, -0.25) is 19.6 Å². The van der Waals surface area contributed by atoms with E-state index in [4.69, 9.17) is 5.21 Å². The summed E-state index contributed by atoms with van der Waals surface area (Å²) < 4.78 is 0. The van der Waals surface area contributed by atoms with E-state index in [2.05, 4.69) is 24.0 Å². The van der Waals surface area contributed by atoms with Gasteiger partial charge in [-0.25, -0.2) is 5.48 Å².